The molecule has 0 aliphatic rings. The average molecular weight is 397 g/mol. The largest absolute Gasteiger partial charge is 0.366 e. The van der Waals surface area contributed by atoms with Crippen LogP contribution in [0.25, 0.3) is 10.4 Å². The molecule has 0 spiro atoms. The second-order valence-corrected chi connectivity index (χ2v) is 8.12. The third-order valence-corrected chi connectivity index (χ3v) is 6.07. The highest BCUT2D eigenvalue weighted by Gasteiger charge is 2.16. The standard InChI is InChI=1S/C21H20N2O2S2/c22-20(25)17-14-18(15-8-3-1-4-9-15)27-21(17)23-19(24)12-7-13-26-16-10-5-2-6-11-16/h1-6,8-11,14H,7,12-13H2,(H2,22,25)(H,23,24). The lowest BCUT2D eigenvalue weighted by Crippen LogP contribution is -2.16. The molecule has 27 heavy (non-hydrogen) atoms. The van der Waals surface area contributed by atoms with Crippen LogP contribution in [0.2, 0.25) is 0 Å². The van der Waals surface area contributed by atoms with Gasteiger partial charge in [0.2, 0.25) is 5.91 Å². The summed E-state index contributed by atoms with van der Waals surface area (Å²) in [6.45, 7) is 0. The number of primary amides is 1. The van der Waals surface area contributed by atoms with E-state index in [2.05, 4.69) is 17.4 Å². The van der Waals surface area contributed by atoms with E-state index in [-0.39, 0.29) is 5.91 Å². The molecule has 0 radical (unpaired) electrons. The summed E-state index contributed by atoms with van der Waals surface area (Å²) in [5.74, 6) is 0.218. The van der Waals surface area contributed by atoms with Gasteiger partial charge in [0.1, 0.15) is 5.00 Å². The van der Waals surface area contributed by atoms with Crippen molar-refractivity contribution in [3.05, 3.63) is 72.3 Å². The van der Waals surface area contributed by atoms with Gasteiger partial charge < -0.3 is 11.1 Å². The average Bonchev–Trinajstić information content (AvgIpc) is 3.11. The van der Waals surface area contributed by atoms with Gasteiger partial charge in [0.05, 0.1) is 5.56 Å². The second kappa shape index (κ2) is 9.39. The Kier molecular flexibility index (Phi) is 6.68. The Morgan fingerprint density at radius 2 is 1.67 bits per heavy atom. The predicted octanol–water partition coefficient (Wildman–Crippen LogP) is 5.03. The number of rotatable bonds is 8. The molecule has 1 aromatic heterocycles. The monoisotopic (exact) mass is 396 g/mol. The minimum Gasteiger partial charge on any atom is -0.366 e. The lowest BCUT2D eigenvalue weighted by atomic mass is 10.1. The molecule has 2 amide bonds. The Labute approximate surface area is 166 Å². The van der Waals surface area contributed by atoms with Crippen LogP contribution in [0, 0.1) is 0 Å². The predicted molar refractivity (Wildman–Crippen MR) is 113 cm³/mol. The molecule has 2 aromatic carbocycles. The Hall–Kier alpha value is -2.57. The third-order valence-electron chi connectivity index (χ3n) is 3.87. The van der Waals surface area contributed by atoms with Crippen molar-refractivity contribution in [1.82, 2.24) is 0 Å². The molecule has 0 saturated heterocycles. The highest BCUT2D eigenvalue weighted by atomic mass is 32.2. The van der Waals surface area contributed by atoms with Crippen LogP contribution in [0.15, 0.2) is 71.6 Å². The Morgan fingerprint density at radius 1 is 1.00 bits per heavy atom. The molecule has 1 heterocycles. The van der Waals surface area contributed by atoms with Crippen LogP contribution in [0.3, 0.4) is 0 Å². The zero-order valence-corrected chi connectivity index (χ0v) is 16.3. The number of hydrogen-bond donors (Lipinski definition) is 2. The fraction of sp³-hybridized carbons (Fsp3) is 0.143. The number of carbonyl (C=O) groups excluding carboxylic acids is 2. The van der Waals surface area contributed by atoms with Crippen molar-refractivity contribution in [2.45, 2.75) is 17.7 Å². The number of thiophene rings is 1. The first kappa shape index (κ1) is 19.2. The van der Waals surface area contributed by atoms with Crippen LogP contribution < -0.4 is 11.1 Å². The highest BCUT2D eigenvalue weighted by molar-refractivity contribution is 7.99. The number of nitrogens with two attached hydrogens (primary N) is 1. The highest BCUT2D eigenvalue weighted by Crippen LogP contribution is 2.35. The van der Waals surface area contributed by atoms with E-state index in [4.69, 9.17) is 5.73 Å². The lowest BCUT2D eigenvalue weighted by Gasteiger charge is -2.05. The first-order valence-corrected chi connectivity index (χ1v) is 10.4. The van der Waals surface area contributed by atoms with Gasteiger partial charge in [-0.3, -0.25) is 9.59 Å². The van der Waals surface area contributed by atoms with Crippen molar-refractivity contribution < 1.29 is 9.59 Å². The minimum absolute atomic E-state index is 0.104. The number of nitrogens with one attached hydrogen (secondary N) is 1. The maximum Gasteiger partial charge on any atom is 0.251 e. The first-order valence-electron chi connectivity index (χ1n) is 8.60. The van der Waals surface area contributed by atoms with E-state index in [0.29, 0.717) is 17.0 Å². The number of amides is 2. The summed E-state index contributed by atoms with van der Waals surface area (Å²) in [6.07, 6.45) is 1.16. The Morgan fingerprint density at radius 3 is 2.33 bits per heavy atom. The van der Waals surface area contributed by atoms with E-state index in [1.807, 2.05) is 48.5 Å². The SMILES string of the molecule is NC(=O)c1cc(-c2ccccc2)sc1NC(=O)CCCSc1ccccc1. The summed E-state index contributed by atoms with van der Waals surface area (Å²) in [7, 11) is 0. The zero-order chi connectivity index (χ0) is 19.1. The molecule has 0 aliphatic carbocycles. The van der Waals surface area contributed by atoms with Crippen LogP contribution in [0.1, 0.15) is 23.2 Å². The number of benzene rings is 2. The molecule has 138 valence electrons. The third kappa shape index (κ3) is 5.45. The van der Waals surface area contributed by atoms with Gasteiger partial charge in [-0.15, -0.1) is 23.1 Å². The number of carbonyl (C=O) groups is 2. The molecule has 3 aromatic rings. The molecule has 0 atom stereocenters. The second-order valence-electron chi connectivity index (χ2n) is 5.90. The van der Waals surface area contributed by atoms with Crippen molar-refractivity contribution in [3.8, 4) is 10.4 Å². The van der Waals surface area contributed by atoms with Crippen LogP contribution in [0.4, 0.5) is 5.00 Å². The number of anilines is 1. The van der Waals surface area contributed by atoms with Crippen molar-refractivity contribution in [1.29, 1.82) is 0 Å². The fourth-order valence-electron chi connectivity index (χ4n) is 2.54. The molecule has 3 rings (SSSR count). The van der Waals surface area contributed by atoms with Crippen LogP contribution in [-0.4, -0.2) is 17.6 Å². The molecule has 6 heteroatoms. The quantitative estimate of drug-likeness (QED) is 0.414. The van der Waals surface area contributed by atoms with Gasteiger partial charge in [-0.25, -0.2) is 0 Å². The van der Waals surface area contributed by atoms with Gasteiger partial charge >= 0.3 is 0 Å². The maximum absolute atomic E-state index is 12.3. The minimum atomic E-state index is -0.539. The Bertz CT molecular complexity index is 908. The fourth-order valence-corrected chi connectivity index (χ4v) is 4.50. The summed E-state index contributed by atoms with van der Waals surface area (Å²) < 4.78 is 0. The van der Waals surface area contributed by atoms with Gasteiger partial charge in [0.25, 0.3) is 5.91 Å². The molecule has 4 nitrogen and oxygen atoms in total. The number of thioether (sulfide) groups is 1. The Balaban J connectivity index is 1.58. The van der Waals surface area contributed by atoms with Gasteiger partial charge in [-0.05, 0) is 35.9 Å². The summed E-state index contributed by atoms with van der Waals surface area (Å²) in [5, 5.41) is 3.37. The van der Waals surface area contributed by atoms with E-state index < -0.39 is 5.91 Å². The molecular formula is C21H20N2O2S2. The maximum atomic E-state index is 12.3. The van der Waals surface area contributed by atoms with Crippen molar-refractivity contribution in [2.75, 3.05) is 11.1 Å². The molecule has 0 fully saturated rings. The van der Waals surface area contributed by atoms with E-state index in [1.165, 1.54) is 16.2 Å². The van der Waals surface area contributed by atoms with Gasteiger partial charge in [-0.1, -0.05) is 48.5 Å². The molecule has 3 N–H and O–H groups in total. The molecular weight excluding hydrogens is 376 g/mol. The van der Waals surface area contributed by atoms with E-state index in [1.54, 1.807) is 17.8 Å². The topological polar surface area (TPSA) is 72.2 Å². The number of hydrogen-bond acceptors (Lipinski definition) is 4. The lowest BCUT2D eigenvalue weighted by molar-refractivity contribution is -0.116. The van der Waals surface area contributed by atoms with Crippen molar-refractivity contribution in [2.24, 2.45) is 5.73 Å². The molecule has 0 unspecified atom stereocenters. The molecule has 0 aliphatic heterocycles. The van der Waals surface area contributed by atoms with Gasteiger partial charge in [-0.2, -0.15) is 0 Å². The zero-order valence-electron chi connectivity index (χ0n) is 14.7. The van der Waals surface area contributed by atoms with E-state index >= 15 is 0 Å². The first-order chi connectivity index (χ1) is 13.1. The summed E-state index contributed by atoms with van der Waals surface area (Å²) in [4.78, 5) is 26.1. The summed E-state index contributed by atoms with van der Waals surface area (Å²) in [5.41, 5.74) is 6.82. The van der Waals surface area contributed by atoms with Crippen LogP contribution >= 0.6 is 23.1 Å². The summed E-state index contributed by atoms with van der Waals surface area (Å²) in [6, 6.07) is 21.6. The molecule has 0 saturated carbocycles. The normalized spacial score (nSPS) is 10.5. The summed E-state index contributed by atoms with van der Waals surface area (Å²) >= 11 is 3.09. The van der Waals surface area contributed by atoms with Crippen LogP contribution in [0.5, 0.6) is 0 Å². The van der Waals surface area contributed by atoms with Crippen LogP contribution in [-0.2, 0) is 4.79 Å². The molecule has 0 bridgehead atoms. The van der Waals surface area contributed by atoms with Gasteiger partial charge in [0.15, 0.2) is 0 Å². The van der Waals surface area contributed by atoms with Crippen molar-refractivity contribution >= 4 is 39.9 Å². The van der Waals surface area contributed by atoms with Gasteiger partial charge in [0, 0.05) is 16.2 Å². The van der Waals surface area contributed by atoms with Crippen molar-refractivity contribution in [3.63, 3.8) is 0 Å². The smallest absolute Gasteiger partial charge is 0.251 e. The van der Waals surface area contributed by atoms with E-state index in [0.717, 1.165) is 22.6 Å². The van der Waals surface area contributed by atoms with E-state index in [9.17, 15) is 9.59 Å².